The largest absolute Gasteiger partial charge is 0.444 e. The SMILES string of the molecule is CC(CN=C(N)NC(C)C)CN(C)C(=O)OC(C)(C)C.I. The van der Waals surface area contributed by atoms with Crippen LogP contribution in [-0.2, 0) is 4.74 Å². The number of hydrogen-bond acceptors (Lipinski definition) is 3. The second-order valence-corrected chi connectivity index (χ2v) is 6.49. The van der Waals surface area contributed by atoms with Crippen molar-refractivity contribution in [2.24, 2.45) is 16.6 Å². The molecule has 0 rings (SSSR count). The van der Waals surface area contributed by atoms with Crippen molar-refractivity contribution in [2.75, 3.05) is 20.1 Å². The molecule has 126 valence electrons. The lowest BCUT2D eigenvalue weighted by molar-refractivity contribution is 0.0279. The van der Waals surface area contributed by atoms with Gasteiger partial charge in [-0.1, -0.05) is 6.92 Å². The van der Waals surface area contributed by atoms with E-state index in [4.69, 9.17) is 10.5 Å². The van der Waals surface area contributed by atoms with Gasteiger partial charge in [-0.3, -0.25) is 4.99 Å². The molecule has 0 bridgehead atoms. The van der Waals surface area contributed by atoms with Gasteiger partial charge in [0.25, 0.3) is 0 Å². The number of nitrogens with one attached hydrogen (secondary N) is 1. The Hall–Kier alpha value is -0.730. The van der Waals surface area contributed by atoms with Crippen LogP contribution in [0.2, 0.25) is 0 Å². The van der Waals surface area contributed by atoms with Gasteiger partial charge in [0.15, 0.2) is 5.96 Å². The average Bonchev–Trinajstić information content (AvgIpc) is 2.23. The molecule has 3 N–H and O–H groups in total. The zero-order valence-electron chi connectivity index (χ0n) is 14.3. The van der Waals surface area contributed by atoms with Crippen LogP contribution in [0.15, 0.2) is 4.99 Å². The van der Waals surface area contributed by atoms with Crippen molar-refractivity contribution in [1.29, 1.82) is 0 Å². The lowest BCUT2D eigenvalue weighted by Gasteiger charge is -2.26. The van der Waals surface area contributed by atoms with Crippen LogP contribution in [0.25, 0.3) is 0 Å². The highest BCUT2D eigenvalue weighted by atomic mass is 127. The highest BCUT2D eigenvalue weighted by Gasteiger charge is 2.20. The number of ether oxygens (including phenoxy) is 1. The van der Waals surface area contributed by atoms with Gasteiger partial charge in [-0.25, -0.2) is 4.79 Å². The molecule has 0 aliphatic carbocycles. The zero-order chi connectivity index (χ0) is 15.9. The molecule has 0 aromatic heterocycles. The molecule has 1 atom stereocenters. The second-order valence-electron chi connectivity index (χ2n) is 6.49. The summed E-state index contributed by atoms with van der Waals surface area (Å²) in [6.45, 7) is 12.7. The first-order valence-corrected chi connectivity index (χ1v) is 7.02. The fraction of sp³-hybridized carbons (Fsp3) is 0.857. The highest BCUT2D eigenvalue weighted by Crippen LogP contribution is 2.10. The summed E-state index contributed by atoms with van der Waals surface area (Å²) in [5.74, 6) is 0.645. The molecule has 0 fully saturated rings. The van der Waals surface area contributed by atoms with Crippen molar-refractivity contribution in [2.45, 2.75) is 53.2 Å². The van der Waals surface area contributed by atoms with E-state index in [2.05, 4.69) is 10.3 Å². The Morgan fingerprint density at radius 1 is 1.33 bits per heavy atom. The van der Waals surface area contributed by atoms with E-state index in [1.807, 2.05) is 41.5 Å². The number of carbonyl (C=O) groups excluding carboxylic acids is 1. The highest BCUT2D eigenvalue weighted by molar-refractivity contribution is 14.0. The standard InChI is InChI=1S/C14H30N4O2.HI/c1-10(2)17-12(15)16-8-11(3)9-18(7)13(19)20-14(4,5)6;/h10-11H,8-9H2,1-7H3,(H3,15,16,17);1H. The Morgan fingerprint density at radius 3 is 2.29 bits per heavy atom. The normalized spacial score (nSPS) is 13.4. The second kappa shape index (κ2) is 10.1. The number of nitrogens with two attached hydrogens (primary N) is 1. The van der Waals surface area contributed by atoms with Crippen molar-refractivity contribution in [3.05, 3.63) is 0 Å². The number of rotatable bonds is 5. The van der Waals surface area contributed by atoms with Crippen LogP contribution < -0.4 is 11.1 Å². The summed E-state index contributed by atoms with van der Waals surface area (Å²) in [4.78, 5) is 17.6. The molecule has 0 aliphatic rings. The fourth-order valence-electron chi connectivity index (χ4n) is 1.54. The summed E-state index contributed by atoms with van der Waals surface area (Å²) < 4.78 is 5.29. The van der Waals surface area contributed by atoms with E-state index < -0.39 is 5.60 Å². The molecule has 21 heavy (non-hydrogen) atoms. The van der Waals surface area contributed by atoms with E-state index in [-0.39, 0.29) is 42.0 Å². The maximum atomic E-state index is 11.8. The number of nitrogens with zero attached hydrogens (tertiary/aromatic N) is 2. The van der Waals surface area contributed by atoms with Gasteiger partial charge in [-0.15, -0.1) is 24.0 Å². The lowest BCUT2D eigenvalue weighted by Crippen LogP contribution is -2.38. The van der Waals surface area contributed by atoms with Gasteiger partial charge in [-0.2, -0.15) is 0 Å². The molecule has 0 aromatic carbocycles. The molecule has 0 saturated carbocycles. The predicted octanol–water partition coefficient (Wildman–Crippen LogP) is 2.42. The van der Waals surface area contributed by atoms with E-state index in [9.17, 15) is 4.79 Å². The molecule has 0 aromatic rings. The Balaban J connectivity index is 0. The maximum Gasteiger partial charge on any atom is 0.410 e. The number of guanidine groups is 1. The molecular weight excluding hydrogens is 383 g/mol. The summed E-state index contributed by atoms with van der Waals surface area (Å²) in [6.07, 6.45) is -0.318. The summed E-state index contributed by atoms with van der Waals surface area (Å²) >= 11 is 0. The minimum Gasteiger partial charge on any atom is -0.444 e. The molecular formula is C14H31IN4O2. The van der Waals surface area contributed by atoms with Crippen molar-refractivity contribution < 1.29 is 9.53 Å². The molecule has 0 heterocycles. The van der Waals surface area contributed by atoms with Crippen molar-refractivity contribution in [3.63, 3.8) is 0 Å². The Morgan fingerprint density at radius 2 is 1.86 bits per heavy atom. The third-order valence-electron chi connectivity index (χ3n) is 2.30. The van der Waals surface area contributed by atoms with Gasteiger partial charge in [-0.05, 0) is 40.5 Å². The van der Waals surface area contributed by atoms with Crippen LogP contribution >= 0.6 is 24.0 Å². The topological polar surface area (TPSA) is 80.0 Å². The van der Waals surface area contributed by atoms with Crippen LogP contribution in [0.4, 0.5) is 4.79 Å². The number of halogens is 1. The first-order chi connectivity index (χ1) is 9.01. The Kier molecular flexibility index (Phi) is 10.8. The average molecular weight is 414 g/mol. The number of carbonyl (C=O) groups is 1. The molecule has 0 radical (unpaired) electrons. The first-order valence-electron chi connectivity index (χ1n) is 7.02. The van der Waals surface area contributed by atoms with Gasteiger partial charge in [0.05, 0.1) is 0 Å². The minimum atomic E-state index is -0.474. The van der Waals surface area contributed by atoms with Crippen LogP contribution in [0.1, 0.15) is 41.5 Å². The van der Waals surface area contributed by atoms with Gasteiger partial charge in [0, 0.05) is 26.2 Å². The molecule has 1 amide bonds. The number of hydrogen-bond donors (Lipinski definition) is 2. The third-order valence-corrected chi connectivity index (χ3v) is 2.30. The molecule has 7 heteroatoms. The van der Waals surface area contributed by atoms with E-state index in [0.717, 1.165) is 0 Å². The summed E-state index contributed by atoms with van der Waals surface area (Å²) in [6, 6.07) is 0.262. The predicted molar refractivity (Wildman–Crippen MR) is 98.2 cm³/mol. The summed E-state index contributed by atoms with van der Waals surface area (Å²) in [5.41, 5.74) is 5.26. The molecule has 6 nitrogen and oxygen atoms in total. The van der Waals surface area contributed by atoms with E-state index in [1.54, 1.807) is 11.9 Å². The van der Waals surface area contributed by atoms with E-state index in [1.165, 1.54) is 0 Å². The first kappa shape index (κ1) is 22.5. The molecule has 1 unspecified atom stereocenters. The van der Waals surface area contributed by atoms with Crippen LogP contribution in [0, 0.1) is 5.92 Å². The van der Waals surface area contributed by atoms with Crippen molar-refractivity contribution in [3.8, 4) is 0 Å². The molecule has 0 aliphatic heterocycles. The smallest absolute Gasteiger partial charge is 0.410 e. The van der Waals surface area contributed by atoms with Gasteiger partial charge >= 0.3 is 6.09 Å². The van der Waals surface area contributed by atoms with Gasteiger partial charge < -0.3 is 20.7 Å². The van der Waals surface area contributed by atoms with Crippen LogP contribution in [-0.4, -0.2) is 48.7 Å². The fourth-order valence-corrected chi connectivity index (χ4v) is 1.54. The molecule has 0 saturated heterocycles. The Labute approximate surface area is 145 Å². The van der Waals surface area contributed by atoms with E-state index >= 15 is 0 Å². The maximum absolute atomic E-state index is 11.8. The third kappa shape index (κ3) is 12.7. The van der Waals surface area contributed by atoms with Crippen LogP contribution in [0.5, 0.6) is 0 Å². The van der Waals surface area contributed by atoms with Crippen molar-refractivity contribution in [1.82, 2.24) is 10.2 Å². The van der Waals surface area contributed by atoms with Gasteiger partial charge in [0.2, 0.25) is 0 Å². The number of amides is 1. The lowest BCUT2D eigenvalue weighted by atomic mass is 10.2. The quantitative estimate of drug-likeness (QED) is 0.412. The van der Waals surface area contributed by atoms with Gasteiger partial charge in [0.1, 0.15) is 5.60 Å². The Bertz CT molecular complexity index is 340. The summed E-state index contributed by atoms with van der Waals surface area (Å²) in [5, 5.41) is 3.03. The van der Waals surface area contributed by atoms with E-state index in [0.29, 0.717) is 19.0 Å². The summed E-state index contributed by atoms with van der Waals surface area (Å²) in [7, 11) is 1.73. The number of aliphatic imine (C=N–C) groups is 1. The zero-order valence-corrected chi connectivity index (χ0v) is 16.6. The molecule has 0 spiro atoms. The van der Waals surface area contributed by atoms with Crippen molar-refractivity contribution >= 4 is 36.0 Å². The monoisotopic (exact) mass is 414 g/mol. The minimum absolute atomic E-state index is 0. The van der Waals surface area contributed by atoms with Crippen LogP contribution in [0.3, 0.4) is 0 Å².